The van der Waals surface area contributed by atoms with E-state index in [4.69, 9.17) is 4.74 Å². The molecule has 4 nitrogen and oxygen atoms in total. The fourth-order valence-corrected chi connectivity index (χ4v) is 2.91. The molecule has 0 aliphatic rings. The third-order valence-electron chi connectivity index (χ3n) is 3.92. The summed E-state index contributed by atoms with van der Waals surface area (Å²) in [6, 6.07) is 18.4. The lowest BCUT2D eigenvalue weighted by Gasteiger charge is -2.12. The Hall–Kier alpha value is -2.14. The second-order valence-electron chi connectivity index (χ2n) is 5.97. The average Bonchev–Trinajstić information content (AvgIpc) is 2.70. The van der Waals surface area contributed by atoms with Gasteiger partial charge in [0.15, 0.2) is 5.96 Å². The van der Waals surface area contributed by atoms with Gasteiger partial charge in [-0.3, -0.25) is 4.99 Å². The number of para-hydroxylation sites is 1. The predicted molar refractivity (Wildman–Crippen MR) is 113 cm³/mol. The number of aliphatic imine (C=N–C) groups is 1. The van der Waals surface area contributed by atoms with Crippen molar-refractivity contribution >= 4 is 17.7 Å². The molecule has 26 heavy (non-hydrogen) atoms. The van der Waals surface area contributed by atoms with Crippen molar-refractivity contribution in [3.63, 3.8) is 0 Å². The molecule has 0 saturated heterocycles. The molecule has 0 bridgehead atoms. The summed E-state index contributed by atoms with van der Waals surface area (Å²) in [4.78, 5) is 4.27. The molecule has 0 spiro atoms. The highest BCUT2D eigenvalue weighted by Gasteiger charge is 2.00. The van der Waals surface area contributed by atoms with E-state index in [2.05, 4.69) is 46.1 Å². The van der Waals surface area contributed by atoms with Crippen LogP contribution < -0.4 is 15.4 Å². The van der Waals surface area contributed by atoms with Crippen molar-refractivity contribution in [1.29, 1.82) is 0 Å². The molecule has 0 amide bonds. The molecular formula is C21H29N3OS. The Balaban J connectivity index is 1.70. The smallest absolute Gasteiger partial charge is 0.191 e. The molecule has 0 heterocycles. The summed E-state index contributed by atoms with van der Waals surface area (Å²) in [5.41, 5.74) is 2.38. The normalized spacial score (nSPS) is 11.2. The maximum Gasteiger partial charge on any atom is 0.191 e. The van der Waals surface area contributed by atoms with Crippen LogP contribution in [-0.4, -0.2) is 31.6 Å². The summed E-state index contributed by atoms with van der Waals surface area (Å²) < 4.78 is 5.77. The molecule has 0 fully saturated rings. The molecule has 2 aromatic rings. The van der Waals surface area contributed by atoms with E-state index in [1.165, 1.54) is 17.7 Å². The number of hydrogen-bond acceptors (Lipinski definition) is 3. The van der Waals surface area contributed by atoms with Gasteiger partial charge >= 0.3 is 0 Å². The molecule has 0 aliphatic carbocycles. The fraction of sp³-hybridized carbons (Fsp3) is 0.381. The number of thioether (sulfide) groups is 1. The van der Waals surface area contributed by atoms with Crippen LogP contribution >= 0.6 is 11.8 Å². The SMILES string of the molecule is CN=C(NCCCCSC)NCc1ccc(COc2ccccc2)cc1. The van der Waals surface area contributed by atoms with E-state index in [0.717, 1.165) is 36.8 Å². The first-order chi connectivity index (χ1) is 12.8. The molecule has 0 aliphatic heterocycles. The summed E-state index contributed by atoms with van der Waals surface area (Å²) in [6.45, 7) is 2.29. The Morgan fingerprint density at radius 2 is 1.69 bits per heavy atom. The first-order valence-electron chi connectivity index (χ1n) is 9.01. The molecular weight excluding hydrogens is 342 g/mol. The highest BCUT2D eigenvalue weighted by atomic mass is 32.2. The van der Waals surface area contributed by atoms with E-state index >= 15 is 0 Å². The van der Waals surface area contributed by atoms with Gasteiger partial charge in [-0.25, -0.2) is 0 Å². The van der Waals surface area contributed by atoms with Crippen molar-refractivity contribution in [2.75, 3.05) is 25.6 Å². The lowest BCUT2D eigenvalue weighted by molar-refractivity contribution is 0.306. The van der Waals surface area contributed by atoms with Gasteiger partial charge in [-0.05, 0) is 48.1 Å². The van der Waals surface area contributed by atoms with Gasteiger partial charge in [0, 0.05) is 20.1 Å². The molecule has 5 heteroatoms. The third-order valence-corrected chi connectivity index (χ3v) is 4.62. The van der Waals surface area contributed by atoms with Crippen LogP contribution in [0.5, 0.6) is 5.75 Å². The third kappa shape index (κ3) is 7.83. The lowest BCUT2D eigenvalue weighted by Crippen LogP contribution is -2.37. The number of ether oxygens (including phenoxy) is 1. The topological polar surface area (TPSA) is 45.7 Å². The highest BCUT2D eigenvalue weighted by Crippen LogP contribution is 2.12. The van der Waals surface area contributed by atoms with E-state index in [1.807, 2.05) is 42.1 Å². The van der Waals surface area contributed by atoms with Gasteiger partial charge in [0.25, 0.3) is 0 Å². The quantitative estimate of drug-likeness (QED) is 0.375. The van der Waals surface area contributed by atoms with Gasteiger partial charge in [0.1, 0.15) is 12.4 Å². The highest BCUT2D eigenvalue weighted by molar-refractivity contribution is 7.98. The number of rotatable bonds is 10. The van der Waals surface area contributed by atoms with Crippen LogP contribution in [0.15, 0.2) is 59.6 Å². The number of guanidine groups is 1. The number of benzene rings is 2. The van der Waals surface area contributed by atoms with E-state index in [-0.39, 0.29) is 0 Å². The fourth-order valence-electron chi connectivity index (χ4n) is 2.42. The molecule has 0 atom stereocenters. The van der Waals surface area contributed by atoms with Gasteiger partial charge in [-0.15, -0.1) is 0 Å². The maximum atomic E-state index is 5.77. The second kappa shape index (κ2) is 12.3. The van der Waals surface area contributed by atoms with Crippen molar-refractivity contribution in [3.05, 3.63) is 65.7 Å². The van der Waals surface area contributed by atoms with Crippen LogP contribution in [0.1, 0.15) is 24.0 Å². The average molecular weight is 372 g/mol. The zero-order valence-electron chi connectivity index (χ0n) is 15.7. The summed E-state index contributed by atoms with van der Waals surface area (Å²) in [7, 11) is 1.81. The summed E-state index contributed by atoms with van der Waals surface area (Å²) >= 11 is 1.89. The number of nitrogens with zero attached hydrogens (tertiary/aromatic N) is 1. The monoisotopic (exact) mass is 371 g/mol. The Labute approximate surface area is 161 Å². The predicted octanol–water partition coefficient (Wildman–Crippen LogP) is 4.07. The molecule has 2 N–H and O–H groups in total. The summed E-state index contributed by atoms with van der Waals surface area (Å²) in [6.07, 6.45) is 4.54. The molecule has 0 aromatic heterocycles. The Kier molecular flexibility index (Phi) is 9.51. The molecule has 140 valence electrons. The molecule has 0 unspecified atom stereocenters. The minimum atomic E-state index is 0.580. The Morgan fingerprint density at radius 3 is 2.38 bits per heavy atom. The van der Waals surface area contributed by atoms with Crippen LogP contribution in [0.3, 0.4) is 0 Å². The Bertz CT molecular complexity index is 644. The Morgan fingerprint density at radius 1 is 0.962 bits per heavy atom. The molecule has 0 saturated carbocycles. The number of unbranched alkanes of at least 4 members (excludes halogenated alkanes) is 1. The summed E-state index contributed by atoms with van der Waals surface area (Å²) in [5, 5.41) is 6.71. The van der Waals surface area contributed by atoms with Crippen molar-refractivity contribution in [1.82, 2.24) is 10.6 Å². The van der Waals surface area contributed by atoms with Gasteiger partial charge in [-0.1, -0.05) is 42.5 Å². The number of hydrogen-bond donors (Lipinski definition) is 2. The van der Waals surface area contributed by atoms with Crippen molar-refractivity contribution in [2.45, 2.75) is 26.0 Å². The second-order valence-corrected chi connectivity index (χ2v) is 6.96. The van der Waals surface area contributed by atoms with Crippen molar-refractivity contribution in [2.24, 2.45) is 4.99 Å². The van der Waals surface area contributed by atoms with Crippen LogP contribution in [-0.2, 0) is 13.2 Å². The van der Waals surface area contributed by atoms with Crippen molar-refractivity contribution in [3.8, 4) is 5.75 Å². The minimum Gasteiger partial charge on any atom is -0.489 e. The standard InChI is InChI=1S/C21H29N3OS/c1-22-21(23-14-6-7-15-26-2)24-16-18-10-12-19(13-11-18)17-25-20-8-4-3-5-9-20/h3-5,8-13H,6-7,14-17H2,1-2H3,(H2,22,23,24). The van der Waals surface area contributed by atoms with E-state index in [1.54, 1.807) is 7.05 Å². The summed E-state index contributed by atoms with van der Waals surface area (Å²) in [5.74, 6) is 2.96. The van der Waals surface area contributed by atoms with Crippen molar-refractivity contribution < 1.29 is 4.74 Å². The van der Waals surface area contributed by atoms with Crippen LogP contribution in [0.25, 0.3) is 0 Å². The molecule has 2 rings (SSSR count). The van der Waals surface area contributed by atoms with Crippen LogP contribution in [0.2, 0.25) is 0 Å². The molecule has 2 aromatic carbocycles. The van der Waals surface area contributed by atoms with Gasteiger partial charge in [0.05, 0.1) is 0 Å². The maximum absolute atomic E-state index is 5.77. The van der Waals surface area contributed by atoms with Crippen LogP contribution in [0, 0.1) is 0 Å². The first-order valence-corrected chi connectivity index (χ1v) is 10.4. The van der Waals surface area contributed by atoms with Gasteiger partial charge in [0.2, 0.25) is 0 Å². The molecule has 0 radical (unpaired) electrons. The first kappa shape index (κ1) is 20.2. The van der Waals surface area contributed by atoms with Crippen LogP contribution in [0.4, 0.5) is 0 Å². The van der Waals surface area contributed by atoms with Gasteiger partial charge < -0.3 is 15.4 Å². The van der Waals surface area contributed by atoms with E-state index < -0.39 is 0 Å². The van der Waals surface area contributed by atoms with E-state index in [0.29, 0.717) is 6.61 Å². The minimum absolute atomic E-state index is 0.580. The largest absolute Gasteiger partial charge is 0.489 e. The zero-order chi connectivity index (χ0) is 18.5. The lowest BCUT2D eigenvalue weighted by atomic mass is 10.1. The zero-order valence-corrected chi connectivity index (χ0v) is 16.5. The number of nitrogens with one attached hydrogen (secondary N) is 2. The van der Waals surface area contributed by atoms with Gasteiger partial charge in [-0.2, -0.15) is 11.8 Å². The van der Waals surface area contributed by atoms with E-state index in [9.17, 15) is 0 Å².